The van der Waals surface area contributed by atoms with Gasteiger partial charge in [-0.25, -0.2) is 14.2 Å². The van der Waals surface area contributed by atoms with Crippen LogP contribution in [-0.4, -0.2) is 52.2 Å². The molecule has 1 aliphatic heterocycles. The molecule has 5 rings (SSSR count). The van der Waals surface area contributed by atoms with Crippen LogP contribution in [0, 0.1) is 5.82 Å². The molecule has 0 unspecified atom stereocenters. The van der Waals surface area contributed by atoms with E-state index in [2.05, 4.69) is 25.3 Å². The van der Waals surface area contributed by atoms with Crippen molar-refractivity contribution in [1.82, 2.24) is 20.0 Å². The number of rotatable bonds is 4. The molecule has 30 heavy (non-hydrogen) atoms. The lowest BCUT2D eigenvalue weighted by atomic mass is 10.2. The average molecular weight is 408 g/mol. The summed E-state index contributed by atoms with van der Waals surface area (Å²) in [6.45, 7) is 2.51. The SMILES string of the molecule is O=C(Nc1ccc(F)cc1)N1CCN(c2ccc(-c3noc(C4CC4)n3)cn2)CC1. The van der Waals surface area contributed by atoms with Crippen LogP contribution in [-0.2, 0) is 0 Å². The van der Waals surface area contributed by atoms with E-state index in [1.54, 1.807) is 23.2 Å². The van der Waals surface area contributed by atoms with Gasteiger partial charge in [0.05, 0.1) is 0 Å². The van der Waals surface area contributed by atoms with Crippen molar-refractivity contribution in [2.24, 2.45) is 0 Å². The third kappa shape index (κ3) is 3.96. The highest BCUT2D eigenvalue weighted by Crippen LogP contribution is 2.39. The predicted molar refractivity (Wildman–Crippen MR) is 109 cm³/mol. The standard InChI is InChI=1S/C21H21FN6O2/c22-16-4-6-17(7-5-16)24-21(29)28-11-9-27(10-12-28)18-8-3-15(13-23-18)19-25-20(30-26-19)14-1-2-14/h3-8,13-14H,1-2,9-12H2,(H,24,29). The van der Waals surface area contributed by atoms with Crippen LogP contribution in [0.15, 0.2) is 47.1 Å². The Morgan fingerprint density at radius 2 is 1.83 bits per heavy atom. The lowest BCUT2D eigenvalue weighted by molar-refractivity contribution is 0.208. The van der Waals surface area contributed by atoms with E-state index in [4.69, 9.17) is 4.52 Å². The number of nitrogens with one attached hydrogen (secondary N) is 1. The first-order valence-corrected chi connectivity index (χ1v) is 10.0. The molecule has 2 amide bonds. The zero-order chi connectivity index (χ0) is 20.5. The number of amides is 2. The smallest absolute Gasteiger partial charge is 0.321 e. The molecule has 2 aliphatic rings. The molecule has 154 valence electrons. The second kappa shape index (κ2) is 7.74. The van der Waals surface area contributed by atoms with Gasteiger partial charge in [0, 0.05) is 49.5 Å². The number of urea groups is 1. The van der Waals surface area contributed by atoms with Gasteiger partial charge in [-0.2, -0.15) is 4.98 Å². The quantitative estimate of drug-likeness (QED) is 0.711. The Labute approximate surface area is 172 Å². The van der Waals surface area contributed by atoms with Crippen molar-refractivity contribution in [1.29, 1.82) is 0 Å². The number of carbonyl (C=O) groups is 1. The van der Waals surface area contributed by atoms with Gasteiger partial charge in [-0.3, -0.25) is 0 Å². The first-order chi connectivity index (χ1) is 14.7. The highest BCUT2D eigenvalue weighted by atomic mass is 19.1. The second-order valence-corrected chi connectivity index (χ2v) is 7.55. The second-order valence-electron chi connectivity index (χ2n) is 7.55. The Balaban J connectivity index is 1.17. The minimum absolute atomic E-state index is 0.187. The van der Waals surface area contributed by atoms with Crippen LogP contribution < -0.4 is 10.2 Å². The molecular formula is C21H21FN6O2. The predicted octanol–water partition coefficient (Wildman–Crippen LogP) is 3.50. The van der Waals surface area contributed by atoms with Crippen LogP contribution in [0.5, 0.6) is 0 Å². The largest absolute Gasteiger partial charge is 0.353 e. The number of aromatic nitrogens is 3. The van der Waals surface area contributed by atoms with Gasteiger partial charge in [0.1, 0.15) is 11.6 Å². The number of hydrogen-bond acceptors (Lipinski definition) is 6. The first kappa shape index (κ1) is 18.5. The molecule has 1 N–H and O–H groups in total. The monoisotopic (exact) mass is 408 g/mol. The Bertz CT molecular complexity index is 1020. The number of carbonyl (C=O) groups excluding carboxylic acids is 1. The van der Waals surface area contributed by atoms with Gasteiger partial charge in [-0.15, -0.1) is 0 Å². The summed E-state index contributed by atoms with van der Waals surface area (Å²) in [4.78, 5) is 25.3. The minimum Gasteiger partial charge on any atom is -0.353 e. The molecule has 0 spiro atoms. The van der Waals surface area contributed by atoms with E-state index >= 15 is 0 Å². The van der Waals surface area contributed by atoms with Crippen LogP contribution in [0.25, 0.3) is 11.4 Å². The summed E-state index contributed by atoms with van der Waals surface area (Å²) in [5, 5.41) is 6.84. The maximum Gasteiger partial charge on any atom is 0.321 e. The number of hydrogen-bond donors (Lipinski definition) is 1. The zero-order valence-electron chi connectivity index (χ0n) is 16.3. The Kier molecular flexibility index (Phi) is 4.78. The molecule has 1 saturated carbocycles. The van der Waals surface area contributed by atoms with Crippen molar-refractivity contribution in [2.45, 2.75) is 18.8 Å². The Morgan fingerprint density at radius 3 is 2.50 bits per heavy atom. The number of nitrogens with zero attached hydrogens (tertiary/aromatic N) is 5. The van der Waals surface area contributed by atoms with E-state index in [1.807, 2.05) is 12.1 Å². The molecule has 8 nitrogen and oxygen atoms in total. The van der Waals surface area contributed by atoms with Gasteiger partial charge >= 0.3 is 6.03 Å². The summed E-state index contributed by atoms with van der Waals surface area (Å²) in [6.07, 6.45) is 3.99. The highest BCUT2D eigenvalue weighted by molar-refractivity contribution is 5.89. The fraction of sp³-hybridized carbons (Fsp3) is 0.333. The summed E-state index contributed by atoms with van der Waals surface area (Å²) in [7, 11) is 0. The van der Waals surface area contributed by atoms with E-state index < -0.39 is 0 Å². The number of benzene rings is 1. The van der Waals surface area contributed by atoms with Gasteiger partial charge in [0.15, 0.2) is 0 Å². The van der Waals surface area contributed by atoms with Crippen molar-refractivity contribution in [3.05, 3.63) is 54.3 Å². The summed E-state index contributed by atoms with van der Waals surface area (Å²) in [6, 6.07) is 9.44. The maximum atomic E-state index is 13.0. The number of piperazine rings is 1. The molecule has 3 heterocycles. The Morgan fingerprint density at radius 1 is 1.07 bits per heavy atom. The van der Waals surface area contributed by atoms with Crippen LogP contribution >= 0.6 is 0 Å². The van der Waals surface area contributed by atoms with Crippen LogP contribution in [0.4, 0.5) is 20.7 Å². The third-order valence-electron chi connectivity index (χ3n) is 5.36. The normalized spacial score (nSPS) is 16.6. The molecule has 0 atom stereocenters. The van der Waals surface area contributed by atoms with E-state index in [-0.39, 0.29) is 11.8 Å². The molecule has 0 bridgehead atoms. The van der Waals surface area contributed by atoms with Crippen LogP contribution in [0.3, 0.4) is 0 Å². The summed E-state index contributed by atoms with van der Waals surface area (Å²) in [5.41, 5.74) is 1.40. The lowest BCUT2D eigenvalue weighted by Gasteiger charge is -2.35. The van der Waals surface area contributed by atoms with Crippen molar-refractivity contribution in [3.63, 3.8) is 0 Å². The summed E-state index contributed by atoms with van der Waals surface area (Å²) >= 11 is 0. The average Bonchev–Trinajstić information content (AvgIpc) is 3.52. The molecule has 2 aromatic heterocycles. The maximum absolute atomic E-state index is 13.0. The summed E-state index contributed by atoms with van der Waals surface area (Å²) < 4.78 is 18.3. The van der Waals surface area contributed by atoms with Crippen molar-refractivity contribution in [2.75, 3.05) is 36.4 Å². The van der Waals surface area contributed by atoms with Crippen molar-refractivity contribution in [3.8, 4) is 11.4 Å². The highest BCUT2D eigenvalue weighted by Gasteiger charge is 2.30. The first-order valence-electron chi connectivity index (χ1n) is 10.0. The van der Waals surface area contributed by atoms with Gasteiger partial charge in [-0.1, -0.05) is 5.16 Å². The van der Waals surface area contributed by atoms with Gasteiger partial charge in [0.25, 0.3) is 0 Å². The summed E-state index contributed by atoms with van der Waals surface area (Å²) in [5.74, 6) is 2.23. The fourth-order valence-electron chi connectivity index (χ4n) is 3.43. The van der Waals surface area contributed by atoms with Crippen molar-refractivity contribution < 1.29 is 13.7 Å². The fourth-order valence-corrected chi connectivity index (χ4v) is 3.43. The lowest BCUT2D eigenvalue weighted by Crippen LogP contribution is -2.50. The minimum atomic E-state index is -0.331. The van der Waals surface area contributed by atoms with Gasteiger partial charge in [0.2, 0.25) is 11.7 Å². The van der Waals surface area contributed by atoms with Gasteiger partial charge < -0.3 is 19.6 Å². The third-order valence-corrected chi connectivity index (χ3v) is 5.36. The molecule has 0 radical (unpaired) electrons. The van der Waals surface area contributed by atoms with Crippen molar-refractivity contribution >= 4 is 17.5 Å². The van der Waals surface area contributed by atoms with Crippen LogP contribution in [0.2, 0.25) is 0 Å². The van der Waals surface area contributed by atoms with E-state index in [9.17, 15) is 9.18 Å². The topological polar surface area (TPSA) is 87.4 Å². The number of halogens is 1. The van der Waals surface area contributed by atoms with E-state index in [1.165, 1.54) is 12.1 Å². The molecule has 9 heteroatoms. The molecule has 1 aliphatic carbocycles. The molecule has 3 aromatic rings. The van der Waals surface area contributed by atoms with Crippen LogP contribution in [0.1, 0.15) is 24.7 Å². The molecular weight excluding hydrogens is 387 g/mol. The molecule has 1 aromatic carbocycles. The van der Waals surface area contributed by atoms with Gasteiger partial charge in [-0.05, 0) is 49.2 Å². The number of pyridine rings is 1. The Hall–Kier alpha value is -3.49. The van der Waals surface area contributed by atoms with E-state index in [0.29, 0.717) is 49.5 Å². The van der Waals surface area contributed by atoms with E-state index in [0.717, 1.165) is 24.2 Å². The molecule has 1 saturated heterocycles. The zero-order valence-corrected chi connectivity index (χ0v) is 16.3. The number of anilines is 2. The molecule has 2 fully saturated rings.